The summed E-state index contributed by atoms with van der Waals surface area (Å²) in [5.41, 5.74) is -1.17. The molecule has 0 radical (unpaired) electrons. The molecule has 0 aliphatic carbocycles. The second-order valence-electron chi connectivity index (χ2n) is 10.3. The molecule has 3 aromatic rings. The molecule has 0 saturated carbocycles. The SMILES string of the molecule is COc1c(OC)c(O)c2c(=O)c3c(OC4OC(COC5OCC(O)C(O)C5O)C(O)C(O)C4O)ccc(OC)c3oc2c1OC. The van der Waals surface area contributed by atoms with E-state index in [-0.39, 0.29) is 57.3 Å². The van der Waals surface area contributed by atoms with E-state index in [4.69, 9.17) is 42.3 Å². The van der Waals surface area contributed by atoms with Crippen molar-refractivity contribution in [3.05, 3.63) is 22.4 Å². The fourth-order valence-electron chi connectivity index (χ4n) is 5.26. The van der Waals surface area contributed by atoms with E-state index in [0.29, 0.717) is 0 Å². The van der Waals surface area contributed by atoms with Crippen molar-refractivity contribution in [1.29, 1.82) is 0 Å². The van der Waals surface area contributed by atoms with Gasteiger partial charge in [-0.1, -0.05) is 0 Å². The minimum Gasteiger partial charge on any atom is -0.504 e. The molecular formula is C28H34O17. The third kappa shape index (κ3) is 5.56. The standard InChI is InChI=1S/C28H34O17/c1-37-11-6-5-10(13-17(32)14-18(33)24(38-2)26(40-4)25(39-3)23(14)45-22(11)13)43-28-21(36)19(34)16(31)12(44-28)8-42-27-20(35)15(30)9(29)7-41-27/h5-6,9,12,15-16,19-21,27-31,33-36H,7-8H2,1-4H3. The van der Waals surface area contributed by atoms with Crippen LogP contribution in [0.2, 0.25) is 0 Å². The molecule has 9 unspecified atom stereocenters. The van der Waals surface area contributed by atoms with Crippen LogP contribution >= 0.6 is 0 Å². The number of methoxy groups -OCH3 is 4. The van der Waals surface area contributed by atoms with Gasteiger partial charge < -0.3 is 78.1 Å². The number of hydrogen-bond acceptors (Lipinski definition) is 17. The zero-order valence-corrected chi connectivity index (χ0v) is 24.5. The van der Waals surface area contributed by atoms with Gasteiger partial charge >= 0.3 is 0 Å². The van der Waals surface area contributed by atoms with Crippen molar-refractivity contribution in [2.45, 2.75) is 55.3 Å². The molecule has 2 aliphatic rings. The third-order valence-corrected chi connectivity index (χ3v) is 7.66. The lowest BCUT2D eigenvalue weighted by Crippen LogP contribution is -2.61. The van der Waals surface area contributed by atoms with E-state index in [1.165, 1.54) is 40.6 Å². The van der Waals surface area contributed by atoms with Gasteiger partial charge in [-0.15, -0.1) is 0 Å². The molecule has 45 heavy (non-hydrogen) atoms. The van der Waals surface area contributed by atoms with Crippen molar-refractivity contribution in [1.82, 2.24) is 0 Å². The van der Waals surface area contributed by atoms with Crippen molar-refractivity contribution in [2.24, 2.45) is 0 Å². The molecular weight excluding hydrogens is 608 g/mol. The first-order valence-electron chi connectivity index (χ1n) is 13.6. The van der Waals surface area contributed by atoms with Gasteiger partial charge in [-0.25, -0.2) is 0 Å². The van der Waals surface area contributed by atoms with E-state index in [1.807, 2.05) is 0 Å². The molecule has 7 N–H and O–H groups in total. The van der Waals surface area contributed by atoms with Gasteiger partial charge in [-0.3, -0.25) is 4.79 Å². The monoisotopic (exact) mass is 642 g/mol. The largest absolute Gasteiger partial charge is 0.504 e. The minimum absolute atomic E-state index is 0.0461. The van der Waals surface area contributed by atoms with E-state index in [2.05, 4.69) is 0 Å². The van der Waals surface area contributed by atoms with Crippen LogP contribution in [0.25, 0.3) is 21.9 Å². The Labute approximate surface area is 254 Å². The third-order valence-electron chi connectivity index (χ3n) is 7.66. The number of benzene rings is 2. The molecule has 0 spiro atoms. The maximum Gasteiger partial charge on any atom is 0.229 e. The number of aliphatic hydroxyl groups excluding tert-OH is 6. The molecule has 2 fully saturated rings. The maximum atomic E-state index is 14.0. The van der Waals surface area contributed by atoms with Crippen LogP contribution in [0, 0.1) is 0 Å². The van der Waals surface area contributed by atoms with Crippen molar-refractivity contribution in [3.63, 3.8) is 0 Å². The number of aliphatic hydroxyl groups is 6. The van der Waals surface area contributed by atoms with Gasteiger partial charge in [0.2, 0.25) is 29.0 Å². The Hall–Kier alpha value is -3.65. The van der Waals surface area contributed by atoms with Crippen molar-refractivity contribution in [3.8, 4) is 34.5 Å². The van der Waals surface area contributed by atoms with Gasteiger partial charge in [0.1, 0.15) is 59.2 Å². The van der Waals surface area contributed by atoms with Gasteiger partial charge in [0.05, 0.1) is 41.7 Å². The first kappa shape index (κ1) is 32.7. The molecule has 5 rings (SSSR count). The van der Waals surface area contributed by atoms with E-state index < -0.39 is 73.1 Å². The number of ether oxygens (including phenoxy) is 8. The lowest BCUT2D eigenvalue weighted by Gasteiger charge is -2.41. The lowest BCUT2D eigenvalue weighted by atomic mass is 9.99. The molecule has 2 saturated heterocycles. The summed E-state index contributed by atoms with van der Waals surface area (Å²) in [5, 5.41) is 71.9. The van der Waals surface area contributed by atoms with E-state index in [9.17, 15) is 40.5 Å². The van der Waals surface area contributed by atoms with Crippen LogP contribution in [0.3, 0.4) is 0 Å². The number of aromatic hydroxyl groups is 1. The van der Waals surface area contributed by atoms with Crippen LogP contribution in [0.5, 0.6) is 34.5 Å². The smallest absolute Gasteiger partial charge is 0.229 e. The number of phenols is 1. The van der Waals surface area contributed by atoms with Crippen molar-refractivity contribution in [2.75, 3.05) is 41.7 Å². The van der Waals surface area contributed by atoms with Crippen LogP contribution in [0.4, 0.5) is 0 Å². The topological polar surface area (TPSA) is 246 Å². The predicted molar refractivity (Wildman–Crippen MR) is 149 cm³/mol. The Bertz CT molecular complexity index is 1590. The first-order chi connectivity index (χ1) is 21.5. The van der Waals surface area contributed by atoms with Crippen molar-refractivity contribution >= 4 is 21.9 Å². The molecule has 0 amide bonds. The Kier molecular flexibility index (Phi) is 9.45. The minimum atomic E-state index is -1.84. The number of rotatable bonds is 9. The molecule has 17 heteroatoms. The molecule has 248 valence electrons. The van der Waals surface area contributed by atoms with Gasteiger partial charge in [-0.05, 0) is 12.1 Å². The second-order valence-corrected chi connectivity index (χ2v) is 10.3. The Balaban J connectivity index is 1.53. The first-order valence-corrected chi connectivity index (χ1v) is 13.6. The molecule has 9 atom stereocenters. The highest BCUT2D eigenvalue weighted by molar-refractivity contribution is 6.02. The van der Waals surface area contributed by atoms with Gasteiger partial charge in [0, 0.05) is 0 Å². The Morgan fingerprint density at radius 3 is 2.02 bits per heavy atom. The summed E-state index contributed by atoms with van der Waals surface area (Å²) < 4.78 is 49.6. The maximum absolute atomic E-state index is 14.0. The van der Waals surface area contributed by atoms with Crippen LogP contribution in [-0.4, -0.2) is 133 Å². The normalized spacial score (nSPS) is 30.3. The highest BCUT2D eigenvalue weighted by atomic mass is 16.7. The quantitative estimate of drug-likeness (QED) is 0.129. The van der Waals surface area contributed by atoms with Gasteiger partial charge in [0.25, 0.3) is 0 Å². The van der Waals surface area contributed by atoms with E-state index in [1.54, 1.807) is 0 Å². The number of phenolic OH excluding ortho intramolecular Hbond substituents is 1. The second kappa shape index (κ2) is 13.0. The Morgan fingerprint density at radius 2 is 1.38 bits per heavy atom. The van der Waals surface area contributed by atoms with Gasteiger partial charge in [0.15, 0.2) is 29.0 Å². The highest BCUT2D eigenvalue weighted by Crippen LogP contribution is 2.51. The molecule has 0 bridgehead atoms. The summed E-state index contributed by atoms with van der Waals surface area (Å²) in [6, 6.07) is 2.69. The lowest BCUT2D eigenvalue weighted by molar-refractivity contribution is -0.307. The summed E-state index contributed by atoms with van der Waals surface area (Å²) in [4.78, 5) is 14.0. The van der Waals surface area contributed by atoms with E-state index >= 15 is 0 Å². The molecule has 1 aromatic heterocycles. The summed E-state index contributed by atoms with van der Waals surface area (Å²) >= 11 is 0. The fourth-order valence-corrected chi connectivity index (χ4v) is 5.26. The molecule has 2 aliphatic heterocycles. The summed E-state index contributed by atoms with van der Waals surface area (Å²) in [6.07, 6.45) is -14.4. The van der Waals surface area contributed by atoms with Crippen LogP contribution in [-0.2, 0) is 14.2 Å². The summed E-state index contributed by atoms with van der Waals surface area (Å²) in [5.74, 6) is -1.09. The van der Waals surface area contributed by atoms with Crippen LogP contribution < -0.4 is 29.1 Å². The van der Waals surface area contributed by atoms with Crippen LogP contribution in [0.15, 0.2) is 21.3 Å². The zero-order valence-electron chi connectivity index (χ0n) is 24.5. The zero-order chi connectivity index (χ0) is 32.7. The van der Waals surface area contributed by atoms with Crippen LogP contribution in [0.1, 0.15) is 0 Å². The average molecular weight is 643 g/mol. The highest BCUT2D eigenvalue weighted by Gasteiger charge is 2.47. The average Bonchev–Trinajstić information content (AvgIpc) is 3.03. The molecule has 2 aromatic carbocycles. The number of fused-ring (bicyclic) bond motifs is 2. The number of hydrogen-bond donors (Lipinski definition) is 7. The predicted octanol–water partition coefficient (Wildman–Crippen LogP) is -1.67. The summed E-state index contributed by atoms with van der Waals surface area (Å²) in [7, 11) is 5.17. The summed E-state index contributed by atoms with van der Waals surface area (Å²) in [6.45, 7) is -0.868. The Morgan fingerprint density at radius 1 is 0.733 bits per heavy atom. The molecule has 17 nitrogen and oxygen atoms in total. The van der Waals surface area contributed by atoms with E-state index in [0.717, 1.165) is 0 Å². The van der Waals surface area contributed by atoms with Gasteiger partial charge in [-0.2, -0.15) is 0 Å². The fraction of sp³-hybridized carbons (Fsp3) is 0.536. The molecule has 3 heterocycles. The van der Waals surface area contributed by atoms with Crippen molar-refractivity contribution < 1.29 is 78.1 Å².